The molecule has 0 aliphatic carbocycles. The number of nitrogens with zero attached hydrogens (tertiary/aromatic N) is 4. The summed E-state index contributed by atoms with van der Waals surface area (Å²) >= 11 is 0. The number of phenolic OH excluding ortho intramolecular Hbond substituents is 1. The summed E-state index contributed by atoms with van der Waals surface area (Å²) in [6.45, 7) is 20.7. The molecule has 0 fully saturated rings. The van der Waals surface area contributed by atoms with Gasteiger partial charge in [0.25, 0.3) is 0 Å². The standard InChI is InChI=1S/C18H15FN2O5.C10H9F2NO4.C8H7NO/c1-4-25-16(22)9-12-5-6-15(21(23)24)18(17(12)19)26-14-8-11(2)7-13(10-14)20-3;1-2-17-8(14)5-6-3-4-7(13(15)16)10(12)9(6)11;1-6-3-7(9-2)5-8(10)4-6/h5-8,10H,4,9H2,1-2H3;3-4H,2,5H2,1H3;3-5,10H,1H3. The van der Waals surface area contributed by atoms with E-state index in [-0.39, 0.29) is 47.9 Å². The summed E-state index contributed by atoms with van der Waals surface area (Å²) in [4.78, 5) is 48.8. The average Bonchev–Trinajstić information content (AvgIpc) is 3.08. The Kier molecular flexibility index (Phi) is 15.9. The summed E-state index contributed by atoms with van der Waals surface area (Å²) in [6.07, 6.45) is -0.844. The molecular weight excluding hydrogens is 705 g/mol. The van der Waals surface area contributed by atoms with Crippen molar-refractivity contribution in [2.45, 2.75) is 40.5 Å². The van der Waals surface area contributed by atoms with Gasteiger partial charge < -0.3 is 19.3 Å². The fraction of sp³-hybridized carbons (Fsp3) is 0.222. The molecule has 0 heterocycles. The van der Waals surface area contributed by atoms with Gasteiger partial charge in [0.15, 0.2) is 23.0 Å². The average molecular weight is 737 g/mol. The van der Waals surface area contributed by atoms with Crippen LogP contribution >= 0.6 is 0 Å². The van der Waals surface area contributed by atoms with Crippen molar-refractivity contribution < 1.29 is 51.9 Å². The highest BCUT2D eigenvalue weighted by Crippen LogP contribution is 2.37. The Labute approximate surface area is 300 Å². The number of nitro benzene ring substituents is 2. The van der Waals surface area contributed by atoms with E-state index in [1.165, 1.54) is 18.2 Å². The summed E-state index contributed by atoms with van der Waals surface area (Å²) < 4.78 is 56.0. The molecular formula is C36H31F3N4O10. The Hall–Kier alpha value is -7.01. The van der Waals surface area contributed by atoms with Crippen molar-refractivity contribution in [2.75, 3.05) is 13.2 Å². The number of carbonyl (C=O) groups excluding carboxylic acids is 2. The molecule has 0 saturated carbocycles. The maximum absolute atomic E-state index is 14.8. The van der Waals surface area contributed by atoms with Gasteiger partial charge in [-0.15, -0.1) is 0 Å². The van der Waals surface area contributed by atoms with E-state index in [4.69, 9.17) is 27.7 Å². The fourth-order valence-corrected chi connectivity index (χ4v) is 4.33. The van der Waals surface area contributed by atoms with Gasteiger partial charge in [-0.3, -0.25) is 29.8 Å². The lowest BCUT2D eigenvalue weighted by molar-refractivity contribution is -0.387. The highest BCUT2D eigenvalue weighted by molar-refractivity contribution is 5.73. The first-order valence-electron chi connectivity index (χ1n) is 15.3. The van der Waals surface area contributed by atoms with Gasteiger partial charge in [0.2, 0.25) is 11.6 Å². The molecule has 1 N–H and O–H groups in total. The van der Waals surface area contributed by atoms with E-state index in [9.17, 15) is 43.0 Å². The van der Waals surface area contributed by atoms with Crippen LogP contribution in [-0.4, -0.2) is 40.1 Å². The van der Waals surface area contributed by atoms with Crippen molar-refractivity contribution in [1.29, 1.82) is 0 Å². The van der Waals surface area contributed by atoms with Gasteiger partial charge in [0, 0.05) is 23.3 Å². The van der Waals surface area contributed by atoms with Crippen LogP contribution in [0.1, 0.15) is 36.1 Å². The number of halogens is 3. The highest BCUT2D eigenvalue weighted by Gasteiger charge is 2.25. The van der Waals surface area contributed by atoms with Crippen LogP contribution in [0.2, 0.25) is 0 Å². The maximum atomic E-state index is 14.8. The van der Waals surface area contributed by atoms with Crippen LogP contribution in [0.4, 0.5) is 35.9 Å². The van der Waals surface area contributed by atoms with Gasteiger partial charge in [-0.1, -0.05) is 23.3 Å². The van der Waals surface area contributed by atoms with Crippen molar-refractivity contribution >= 4 is 34.7 Å². The second kappa shape index (κ2) is 20.0. The molecule has 0 aliphatic rings. The molecule has 17 heteroatoms. The van der Waals surface area contributed by atoms with Gasteiger partial charge in [0.05, 0.1) is 49.0 Å². The zero-order valence-corrected chi connectivity index (χ0v) is 28.6. The normalized spacial score (nSPS) is 9.83. The minimum atomic E-state index is -1.57. The van der Waals surface area contributed by atoms with Crippen LogP contribution in [0.3, 0.4) is 0 Å². The molecule has 0 aliphatic heterocycles. The Morgan fingerprint density at radius 2 is 1.19 bits per heavy atom. The lowest BCUT2D eigenvalue weighted by atomic mass is 10.1. The van der Waals surface area contributed by atoms with Crippen LogP contribution < -0.4 is 4.74 Å². The minimum Gasteiger partial charge on any atom is -0.509 e. The zero-order valence-electron chi connectivity index (χ0n) is 28.6. The predicted molar refractivity (Wildman–Crippen MR) is 183 cm³/mol. The van der Waals surface area contributed by atoms with Gasteiger partial charge in [-0.2, -0.15) is 4.39 Å². The molecule has 4 rings (SSSR count). The van der Waals surface area contributed by atoms with E-state index in [1.807, 2.05) is 6.92 Å². The highest BCUT2D eigenvalue weighted by atomic mass is 19.2. The lowest BCUT2D eigenvalue weighted by Gasteiger charge is -2.11. The zero-order chi connectivity index (χ0) is 39.8. The molecule has 0 bridgehead atoms. The molecule has 0 spiro atoms. The first-order valence-corrected chi connectivity index (χ1v) is 15.3. The predicted octanol–water partition coefficient (Wildman–Crippen LogP) is 8.72. The summed E-state index contributed by atoms with van der Waals surface area (Å²) in [5.41, 5.74) is 0.429. The van der Waals surface area contributed by atoms with Crippen molar-refractivity contribution in [3.05, 3.63) is 143 Å². The first-order chi connectivity index (χ1) is 25.0. The summed E-state index contributed by atoms with van der Waals surface area (Å²) in [5.74, 6) is -5.73. The monoisotopic (exact) mass is 736 g/mol. The molecule has 14 nitrogen and oxygen atoms in total. The molecule has 4 aromatic carbocycles. The number of benzene rings is 4. The van der Waals surface area contributed by atoms with Crippen molar-refractivity contribution in [3.63, 3.8) is 0 Å². The molecule has 0 saturated heterocycles. The minimum absolute atomic E-state index is 0.0814. The fourth-order valence-electron chi connectivity index (χ4n) is 4.33. The molecule has 0 unspecified atom stereocenters. The SMILES string of the molecule is CCOC(=O)Cc1ccc([N+](=O)[O-])c(F)c1F.[C-]#[N+]c1cc(C)cc(O)c1.[C-]#[N+]c1cc(C)cc(Oc2c([N+](=O)[O-])ccc(CC(=O)OCC)c2F)c1. The van der Waals surface area contributed by atoms with Crippen LogP contribution in [0.15, 0.2) is 60.7 Å². The number of ether oxygens (including phenoxy) is 3. The number of aromatic hydroxyl groups is 1. The van der Waals surface area contributed by atoms with E-state index in [1.54, 1.807) is 39.0 Å². The lowest BCUT2D eigenvalue weighted by Crippen LogP contribution is -2.10. The largest absolute Gasteiger partial charge is 0.509 e. The molecule has 53 heavy (non-hydrogen) atoms. The first kappa shape index (κ1) is 42.2. The second-order valence-electron chi connectivity index (χ2n) is 10.6. The topological polar surface area (TPSA) is 177 Å². The van der Waals surface area contributed by atoms with Crippen molar-refractivity contribution in [3.8, 4) is 17.2 Å². The van der Waals surface area contributed by atoms with Gasteiger partial charge in [-0.25, -0.2) is 18.5 Å². The number of rotatable bonds is 10. The van der Waals surface area contributed by atoms with E-state index < -0.39 is 62.8 Å². The summed E-state index contributed by atoms with van der Waals surface area (Å²) in [6, 6.07) is 13.3. The van der Waals surface area contributed by atoms with Gasteiger partial charge in [-0.05, 0) is 64.1 Å². The van der Waals surface area contributed by atoms with Crippen LogP contribution in [-0.2, 0) is 31.9 Å². The van der Waals surface area contributed by atoms with E-state index in [0.29, 0.717) is 11.3 Å². The molecule has 0 radical (unpaired) electrons. The number of esters is 2. The van der Waals surface area contributed by atoms with Crippen LogP contribution in [0, 0.1) is 64.7 Å². The quantitative estimate of drug-likeness (QED) is 0.0717. The number of hydrogen-bond acceptors (Lipinski definition) is 10. The van der Waals surface area contributed by atoms with E-state index in [2.05, 4.69) is 14.4 Å². The number of nitro groups is 2. The summed E-state index contributed by atoms with van der Waals surface area (Å²) in [7, 11) is 0. The Morgan fingerprint density at radius 1 is 0.717 bits per heavy atom. The Balaban J connectivity index is 0.000000307. The van der Waals surface area contributed by atoms with Crippen LogP contribution in [0.5, 0.6) is 17.2 Å². The van der Waals surface area contributed by atoms with E-state index in [0.717, 1.165) is 29.8 Å². The molecule has 276 valence electrons. The third-order valence-electron chi connectivity index (χ3n) is 6.53. The number of phenols is 1. The second-order valence-corrected chi connectivity index (χ2v) is 10.6. The van der Waals surface area contributed by atoms with Crippen molar-refractivity contribution in [2.24, 2.45) is 0 Å². The molecule has 4 aromatic rings. The van der Waals surface area contributed by atoms with E-state index >= 15 is 0 Å². The molecule has 0 amide bonds. The number of hydrogen-bond donors (Lipinski definition) is 1. The van der Waals surface area contributed by atoms with Gasteiger partial charge in [0.1, 0.15) is 11.5 Å². The Bertz CT molecular complexity index is 2080. The smallest absolute Gasteiger partial charge is 0.314 e. The Morgan fingerprint density at radius 3 is 1.66 bits per heavy atom. The van der Waals surface area contributed by atoms with Gasteiger partial charge >= 0.3 is 23.3 Å². The molecule has 0 aromatic heterocycles. The number of aryl methyl sites for hydroxylation is 2. The maximum Gasteiger partial charge on any atom is 0.314 e. The third kappa shape index (κ3) is 12.7. The third-order valence-corrected chi connectivity index (χ3v) is 6.53. The van der Waals surface area contributed by atoms with Crippen molar-refractivity contribution in [1.82, 2.24) is 0 Å². The number of carbonyl (C=O) groups is 2. The van der Waals surface area contributed by atoms with Crippen LogP contribution in [0.25, 0.3) is 9.69 Å². The summed E-state index contributed by atoms with van der Waals surface area (Å²) in [5, 5.41) is 30.5. The molecule has 0 atom stereocenters.